The molecule has 118 valence electrons. The van der Waals surface area contributed by atoms with Crippen LogP contribution in [0.15, 0.2) is 18.2 Å². The van der Waals surface area contributed by atoms with E-state index in [-0.39, 0.29) is 12.1 Å². The lowest BCUT2D eigenvalue weighted by Crippen LogP contribution is -2.35. The molecule has 0 atom stereocenters. The van der Waals surface area contributed by atoms with Crippen molar-refractivity contribution in [3.8, 4) is 5.75 Å². The third-order valence-electron chi connectivity index (χ3n) is 3.26. The second kappa shape index (κ2) is 6.48. The third-order valence-corrected chi connectivity index (χ3v) is 3.26. The monoisotopic (exact) mass is 293 g/mol. The van der Waals surface area contributed by atoms with Gasteiger partial charge in [0.1, 0.15) is 12.4 Å². The van der Waals surface area contributed by atoms with Gasteiger partial charge in [-0.1, -0.05) is 18.2 Å². The first kappa shape index (κ1) is 17.5. The van der Waals surface area contributed by atoms with Gasteiger partial charge in [-0.3, -0.25) is 4.79 Å². The summed E-state index contributed by atoms with van der Waals surface area (Å²) in [6.07, 6.45) is 0. The molecule has 0 unspecified atom stereocenters. The normalized spacial score (nSPS) is 12.3. The smallest absolute Gasteiger partial charge is 0.312 e. The lowest BCUT2D eigenvalue weighted by atomic mass is 9.95. The molecule has 0 aliphatic carbocycles. The zero-order chi connectivity index (χ0) is 16.3. The summed E-state index contributed by atoms with van der Waals surface area (Å²) in [5.74, 6) is -0.0750. The summed E-state index contributed by atoms with van der Waals surface area (Å²) >= 11 is 0. The number of benzene rings is 1. The van der Waals surface area contributed by atoms with Crippen molar-refractivity contribution in [3.63, 3.8) is 0 Å². The quantitative estimate of drug-likeness (QED) is 0.844. The molecule has 0 bridgehead atoms. The molecule has 0 aromatic heterocycles. The van der Waals surface area contributed by atoms with Crippen molar-refractivity contribution in [1.29, 1.82) is 0 Å². The average molecular weight is 293 g/mol. The van der Waals surface area contributed by atoms with Crippen molar-refractivity contribution in [2.75, 3.05) is 6.61 Å². The van der Waals surface area contributed by atoms with Crippen LogP contribution in [-0.2, 0) is 11.3 Å². The van der Waals surface area contributed by atoms with Gasteiger partial charge in [-0.2, -0.15) is 0 Å². The maximum absolute atomic E-state index is 11.2. The Morgan fingerprint density at radius 2 is 1.86 bits per heavy atom. The van der Waals surface area contributed by atoms with E-state index in [9.17, 15) is 9.90 Å². The van der Waals surface area contributed by atoms with E-state index in [1.807, 2.05) is 25.1 Å². The lowest BCUT2D eigenvalue weighted by Gasteiger charge is -2.24. The second-order valence-electron chi connectivity index (χ2n) is 7.14. The van der Waals surface area contributed by atoms with Crippen molar-refractivity contribution < 1.29 is 14.6 Å². The van der Waals surface area contributed by atoms with Crippen LogP contribution < -0.4 is 10.1 Å². The van der Waals surface area contributed by atoms with Crippen LogP contribution in [0.25, 0.3) is 0 Å². The molecule has 0 aliphatic heterocycles. The van der Waals surface area contributed by atoms with E-state index in [1.54, 1.807) is 13.8 Å². The Kier molecular flexibility index (Phi) is 5.40. The van der Waals surface area contributed by atoms with Crippen molar-refractivity contribution in [1.82, 2.24) is 5.32 Å². The summed E-state index contributed by atoms with van der Waals surface area (Å²) in [5.41, 5.74) is 1.17. The molecular weight excluding hydrogens is 266 g/mol. The zero-order valence-electron chi connectivity index (χ0n) is 13.9. The highest BCUT2D eigenvalue weighted by atomic mass is 16.5. The number of nitrogens with one attached hydrogen (secondary N) is 1. The van der Waals surface area contributed by atoms with E-state index in [0.29, 0.717) is 6.54 Å². The number of ether oxygens (including phenoxy) is 1. The Bertz CT molecular complexity index is 501. The van der Waals surface area contributed by atoms with Crippen LogP contribution in [0, 0.1) is 12.3 Å². The standard InChI is InChI=1S/C17H27NO3/c1-12-8-7-9-13(10-18-16(2,3)4)14(12)21-11-17(5,6)15(19)20/h7-9,18H,10-11H2,1-6H3,(H,19,20). The van der Waals surface area contributed by atoms with E-state index < -0.39 is 11.4 Å². The maximum Gasteiger partial charge on any atom is 0.312 e. The molecule has 0 radical (unpaired) electrons. The number of hydrogen-bond donors (Lipinski definition) is 2. The fourth-order valence-electron chi connectivity index (χ4n) is 1.73. The summed E-state index contributed by atoms with van der Waals surface area (Å²) < 4.78 is 5.84. The number of para-hydroxylation sites is 1. The van der Waals surface area contributed by atoms with E-state index >= 15 is 0 Å². The van der Waals surface area contributed by atoms with Crippen LogP contribution in [0.5, 0.6) is 5.75 Å². The third kappa shape index (κ3) is 5.38. The van der Waals surface area contributed by atoms with Crippen molar-refractivity contribution in [2.45, 2.75) is 53.6 Å². The largest absolute Gasteiger partial charge is 0.492 e. The van der Waals surface area contributed by atoms with E-state index in [0.717, 1.165) is 16.9 Å². The number of carbonyl (C=O) groups is 1. The van der Waals surface area contributed by atoms with Crippen molar-refractivity contribution >= 4 is 5.97 Å². The van der Waals surface area contributed by atoms with Crippen molar-refractivity contribution in [3.05, 3.63) is 29.3 Å². The number of hydrogen-bond acceptors (Lipinski definition) is 3. The van der Waals surface area contributed by atoms with Gasteiger partial charge >= 0.3 is 5.97 Å². The summed E-state index contributed by atoms with van der Waals surface area (Å²) in [6, 6.07) is 5.97. The first-order chi connectivity index (χ1) is 9.53. The van der Waals surface area contributed by atoms with Gasteiger partial charge in [0, 0.05) is 17.6 Å². The molecule has 0 saturated carbocycles. The van der Waals surface area contributed by atoms with Crippen LogP contribution in [0.3, 0.4) is 0 Å². The van der Waals surface area contributed by atoms with Gasteiger partial charge in [0.25, 0.3) is 0 Å². The molecule has 4 nitrogen and oxygen atoms in total. The highest BCUT2D eigenvalue weighted by Crippen LogP contribution is 2.26. The molecule has 1 aromatic carbocycles. The van der Waals surface area contributed by atoms with Gasteiger partial charge < -0.3 is 15.2 Å². The molecule has 2 N–H and O–H groups in total. The Morgan fingerprint density at radius 1 is 1.24 bits per heavy atom. The molecule has 21 heavy (non-hydrogen) atoms. The minimum Gasteiger partial charge on any atom is -0.492 e. The Balaban J connectivity index is 2.88. The van der Waals surface area contributed by atoms with Crippen LogP contribution in [0.1, 0.15) is 45.7 Å². The summed E-state index contributed by atoms with van der Waals surface area (Å²) in [4.78, 5) is 11.2. The Morgan fingerprint density at radius 3 is 2.38 bits per heavy atom. The fourth-order valence-corrected chi connectivity index (χ4v) is 1.73. The molecule has 0 fully saturated rings. The number of aliphatic carboxylic acids is 1. The van der Waals surface area contributed by atoms with Crippen LogP contribution in [-0.4, -0.2) is 23.2 Å². The van der Waals surface area contributed by atoms with Gasteiger partial charge in [-0.25, -0.2) is 0 Å². The minimum atomic E-state index is -0.906. The number of aryl methyl sites for hydroxylation is 1. The molecule has 1 rings (SSSR count). The Labute approximate surface area is 127 Å². The molecule has 0 aliphatic rings. The van der Waals surface area contributed by atoms with E-state index in [2.05, 4.69) is 26.1 Å². The zero-order valence-corrected chi connectivity index (χ0v) is 13.9. The number of rotatable bonds is 6. The highest BCUT2D eigenvalue weighted by molar-refractivity contribution is 5.73. The van der Waals surface area contributed by atoms with Crippen LogP contribution >= 0.6 is 0 Å². The van der Waals surface area contributed by atoms with Crippen molar-refractivity contribution in [2.24, 2.45) is 5.41 Å². The van der Waals surface area contributed by atoms with Crippen LogP contribution in [0.4, 0.5) is 0 Å². The molecule has 0 amide bonds. The topological polar surface area (TPSA) is 58.6 Å². The van der Waals surface area contributed by atoms with E-state index in [1.165, 1.54) is 0 Å². The Hall–Kier alpha value is -1.55. The second-order valence-corrected chi connectivity index (χ2v) is 7.14. The van der Waals surface area contributed by atoms with Gasteiger partial charge in [-0.05, 0) is 47.1 Å². The predicted octanol–water partition coefficient (Wildman–Crippen LogP) is 3.37. The first-order valence-corrected chi connectivity index (χ1v) is 7.23. The highest BCUT2D eigenvalue weighted by Gasteiger charge is 2.28. The molecule has 0 spiro atoms. The number of carboxylic acids is 1. The first-order valence-electron chi connectivity index (χ1n) is 7.23. The SMILES string of the molecule is Cc1cccc(CNC(C)(C)C)c1OCC(C)(C)C(=O)O. The van der Waals surface area contributed by atoms with E-state index in [4.69, 9.17) is 4.74 Å². The molecule has 1 aromatic rings. The van der Waals surface area contributed by atoms with Crippen LogP contribution in [0.2, 0.25) is 0 Å². The van der Waals surface area contributed by atoms with Gasteiger partial charge in [0.05, 0.1) is 5.41 Å². The van der Waals surface area contributed by atoms with Gasteiger partial charge in [0.2, 0.25) is 0 Å². The fraction of sp³-hybridized carbons (Fsp3) is 0.588. The maximum atomic E-state index is 11.2. The van der Waals surface area contributed by atoms with Gasteiger partial charge in [-0.15, -0.1) is 0 Å². The van der Waals surface area contributed by atoms with Gasteiger partial charge in [0.15, 0.2) is 0 Å². The minimum absolute atomic E-state index is 0.0152. The average Bonchev–Trinajstić information content (AvgIpc) is 2.34. The molecular formula is C17H27NO3. The summed E-state index contributed by atoms with van der Waals surface area (Å²) in [7, 11) is 0. The molecule has 4 heteroatoms. The summed E-state index contributed by atoms with van der Waals surface area (Å²) in [5, 5.41) is 12.6. The number of carboxylic acid groups (broad SMARTS) is 1. The predicted molar refractivity (Wildman–Crippen MR) is 84.7 cm³/mol. The lowest BCUT2D eigenvalue weighted by molar-refractivity contribution is -0.148. The molecule has 0 saturated heterocycles. The summed E-state index contributed by atoms with van der Waals surface area (Å²) in [6.45, 7) is 12.5. The molecule has 0 heterocycles.